The standard InChI is InChI=1S/C19H17ClFN3O3S/c1-12-11-15(8-9-16(12)21)28(25,26)24-10-2-3-17(24)19-22-18(23-27-19)13-4-6-14(20)7-5-13/h4-9,11,17H,2-3,10H2,1H3/t17-/m0/s1. The van der Waals surface area contributed by atoms with E-state index in [2.05, 4.69) is 10.1 Å². The maximum absolute atomic E-state index is 13.5. The van der Waals surface area contributed by atoms with E-state index in [-0.39, 0.29) is 16.3 Å². The van der Waals surface area contributed by atoms with Gasteiger partial charge in [0.1, 0.15) is 11.9 Å². The molecular weight excluding hydrogens is 405 g/mol. The second-order valence-corrected chi connectivity index (χ2v) is 8.97. The lowest BCUT2D eigenvalue weighted by Gasteiger charge is -2.21. The van der Waals surface area contributed by atoms with Crippen LogP contribution in [0.3, 0.4) is 0 Å². The Morgan fingerprint density at radius 2 is 1.96 bits per heavy atom. The first-order valence-electron chi connectivity index (χ1n) is 8.74. The topological polar surface area (TPSA) is 76.3 Å². The Bertz CT molecular complexity index is 1120. The zero-order valence-electron chi connectivity index (χ0n) is 15.0. The van der Waals surface area contributed by atoms with Gasteiger partial charge >= 0.3 is 0 Å². The third kappa shape index (κ3) is 3.43. The molecule has 0 spiro atoms. The molecule has 1 atom stereocenters. The van der Waals surface area contributed by atoms with E-state index in [0.717, 1.165) is 5.56 Å². The molecule has 0 unspecified atom stereocenters. The normalized spacial score (nSPS) is 17.9. The van der Waals surface area contributed by atoms with Crippen molar-refractivity contribution in [1.29, 1.82) is 0 Å². The van der Waals surface area contributed by atoms with Crippen LogP contribution in [-0.4, -0.2) is 29.4 Å². The number of aryl methyl sites for hydroxylation is 1. The Balaban J connectivity index is 1.65. The number of hydrogen-bond donors (Lipinski definition) is 0. The zero-order valence-corrected chi connectivity index (χ0v) is 16.5. The summed E-state index contributed by atoms with van der Waals surface area (Å²) in [6, 6.07) is 10.2. The molecule has 1 aromatic heterocycles. The summed E-state index contributed by atoms with van der Waals surface area (Å²) in [5.74, 6) is 0.167. The van der Waals surface area contributed by atoms with Crippen molar-refractivity contribution < 1.29 is 17.3 Å². The molecule has 2 heterocycles. The lowest BCUT2D eigenvalue weighted by Crippen LogP contribution is -2.31. The molecule has 0 bridgehead atoms. The van der Waals surface area contributed by atoms with Crippen molar-refractivity contribution >= 4 is 21.6 Å². The van der Waals surface area contributed by atoms with Crippen LogP contribution in [0.15, 0.2) is 51.9 Å². The first-order valence-corrected chi connectivity index (χ1v) is 10.6. The van der Waals surface area contributed by atoms with Gasteiger partial charge in [-0.05, 0) is 67.8 Å². The second kappa shape index (κ2) is 7.27. The molecule has 3 aromatic rings. The summed E-state index contributed by atoms with van der Waals surface area (Å²) in [4.78, 5) is 4.45. The van der Waals surface area contributed by atoms with Gasteiger partial charge in [0.05, 0.1) is 4.90 Å². The van der Waals surface area contributed by atoms with Crippen LogP contribution in [0, 0.1) is 12.7 Å². The molecule has 1 aliphatic heterocycles. The van der Waals surface area contributed by atoms with Crippen LogP contribution in [-0.2, 0) is 10.0 Å². The smallest absolute Gasteiger partial charge is 0.245 e. The van der Waals surface area contributed by atoms with Crippen LogP contribution in [0.25, 0.3) is 11.4 Å². The van der Waals surface area contributed by atoms with Gasteiger partial charge in [-0.2, -0.15) is 9.29 Å². The Kier molecular flexibility index (Phi) is 4.95. The molecule has 146 valence electrons. The van der Waals surface area contributed by atoms with Gasteiger partial charge in [-0.1, -0.05) is 16.8 Å². The van der Waals surface area contributed by atoms with Crippen molar-refractivity contribution in [2.24, 2.45) is 0 Å². The molecule has 9 heteroatoms. The summed E-state index contributed by atoms with van der Waals surface area (Å²) < 4.78 is 46.5. The van der Waals surface area contributed by atoms with Gasteiger partial charge in [-0.3, -0.25) is 0 Å². The Morgan fingerprint density at radius 1 is 1.21 bits per heavy atom. The first-order chi connectivity index (χ1) is 13.4. The maximum Gasteiger partial charge on any atom is 0.245 e. The van der Waals surface area contributed by atoms with Crippen molar-refractivity contribution in [2.75, 3.05) is 6.54 Å². The van der Waals surface area contributed by atoms with Crippen molar-refractivity contribution in [1.82, 2.24) is 14.4 Å². The molecule has 6 nitrogen and oxygen atoms in total. The molecular formula is C19H17ClFN3O3S. The van der Waals surface area contributed by atoms with Crippen molar-refractivity contribution in [2.45, 2.75) is 30.7 Å². The number of nitrogens with zero attached hydrogens (tertiary/aromatic N) is 3. The average molecular weight is 422 g/mol. The number of hydrogen-bond acceptors (Lipinski definition) is 5. The van der Waals surface area contributed by atoms with E-state index in [1.807, 2.05) is 0 Å². The summed E-state index contributed by atoms with van der Waals surface area (Å²) >= 11 is 5.90. The zero-order chi connectivity index (χ0) is 19.9. The van der Waals surface area contributed by atoms with Crippen LogP contribution in [0.4, 0.5) is 4.39 Å². The van der Waals surface area contributed by atoms with Gasteiger partial charge in [0, 0.05) is 17.1 Å². The van der Waals surface area contributed by atoms with Gasteiger partial charge in [-0.25, -0.2) is 12.8 Å². The fourth-order valence-electron chi connectivity index (χ4n) is 3.27. The highest BCUT2D eigenvalue weighted by Crippen LogP contribution is 2.36. The van der Waals surface area contributed by atoms with Gasteiger partial charge in [0.25, 0.3) is 0 Å². The largest absolute Gasteiger partial charge is 0.337 e. The van der Waals surface area contributed by atoms with E-state index in [4.69, 9.17) is 16.1 Å². The lowest BCUT2D eigenvalue weighted by molar-refractivity contribution is 0.290. The third-order valence-electron chi connectivity index (χ3n) is 4.77. The van der Waals surface area contributed by atoms with Gasteiger partial charge in [0.15, 0.2) is 0 Å². The highest BCUT2D eigenvalue weighted by Gasteiger charge is 2.39. The lowest BCUT2D eigenvalue weighted by atomic mass is 10.2. The molecule has 0 radical (unpaired) electrons. The van der Waals surface area contributed by atoms with Crippen LogP contribution in [0.1, 0.15) is 30.3 Å². The van der Waals surface area contributed by atoms with E-state index in [1.165, 1.54) is 29.4 Å². The number of rotatable bonds is 4. The van der Waals surface area contributed by atoms with Crippen LogP contribution in [0.2, 0.25) is 5.02 Å². The van der Waals surface area contributed by atoms with Gasteiger partial charge in [0.2, 0.25) is 21.7 Å². The molecule has 0 aliphatic carbocycles. The minimum Gasteiger partial charge on any atom is -0.337 e. The highest BCUT2D eigenvalue weighted by molar-refractivity contribution is 7.89. The predicted octanol–water partition coefficient (Wildman–Crippen LogP) is 4.36. The van der Waals surface area contributed by atoms with E-state index < -0.39 is 21.9 Å². The summed E-state index contributed by atoms with van der Waals surface area (Å²) in [5.41, 5.74) is 1.00. The molecule has 28 heavy (non-hydrogen) atoms. The first kappa shape index (κ1) is 19.0. The Morgan fingerprint density at radius 3 is 2.68 bits per heavy atom. The van der Waals surface area contributed by atoms with Crippen molar-refractivity contribution in [3.05, 3.63) is 64.8 Å². The van der Waals surface area contributed by atoms with Crippen LogP contribution < -0.4 is 0 Å². The van der Waals surface area contributed by atoms with E-state index in [1.54, 1.807) is 24.3 Å². The van der Waals surface area contributed by atoms with Crippen molar-refractivity contribution in [3.8, 4) is 11.4 Å². The molecule has 4 rings (SSSR count). The minimum atomic E-state index is -3.81. The van der Waals surface area contributed by atoms with Gasteiger partial charge < -0.3 is 4.52 Å². The van der Waals surface area contributed by atoms with Crippen LogP contribution >= 0.6 is 11.6 Å². The maximum atomic E-state index is 13.5. The molecule has 1 saturated heterocycles. The Hall–Kier alpha value is -2.29. The monoisotopic (exact) mass is 421 g/mol. The van der Waals surface area contributed by atoms with E-state index >= 15 is 0 Å². The molecule has 2 aromatic carbocycles. The fraction of sp³-hybridized carbons (Fsp3) is 0.263. The number of benzene rings is 2. The average Bonchev–Trinajstić information content (AvgIpc) is 3.33. The summed E-state index contributed by atoms with van der Waals surface area (Å²) in [7, 11) is -3.81. The van der Waals surface area contributed by atoms with E-state index in [0.29, 0.717) is 30.2 Å². The molecule has 0 amide bonds. The molecule has 1 fully saturated rings. The third-order valence-corrected chi connectivity index (χ3v) is 6.93. The predicted molar refractivity (Wildman–Crippen MR) is 102 cm³/mol. The van der Waals surface area contributed by atoms with E-state index in [9.17, 15) is 12.8 Å². The highest BCUT2D eigenvalue weighted by atomic mass is 35.5. The molecule has 1 aliphatic rings. The quantitative estimate of drug-likeness (QED) is 0.625. The number of aromatic nitrogens is 2. The van der Waals surface area contributed by atoms with Gasteiger partial charge in [-0.15, -0.1) is 0 Å². The number of halogens is 2. The Labute approximate surface area is 167 Å². The SMILES string of the molecule is Cc1cc(S(=O)(=O)N2CCC[C@H]2c2nc(-c3ccc(Cl)cc3)no2)ccc1F. The van der Waals surface area contributed by atoms with Crippen LogP contribution in [0.5, 0.6) is 0 Å². The fourth-order valence-corrected chi connectivity index (χ4v) is 5.14. The number of sulfonamides is 1. The minimum absolute atomic E-state index is 0.0516. The summed E-state index contributed by atoms with van der Waals surface area (Å²) in [6.07, 6.45) is 1.24. The van der Waals surface area contributed by atoms with Crippen molar-refractivity contribution in [3.63, 3.8) is 0 Å². The second-order valence-electron chi connectivity index (χ2n) is 6.65. The summed E-state index contributed by atoms with van der Waals surface area (Å²) in [6.45, 7) is 1.87. The summed E-state index contributed by atoms with van der Waals surface area (Å²) in [5, 5.41) is 4.57. The molecule has 0 N–H and O–H groups in total. The molecule has 0 saturated carbocycles.